The van der Waals surface area contributed by atoms with Gasteiger partial charge in [0.2, 0.25) is 0 Å². The molecule has 0 radical (unpaired) electrons. The Hall–Kier alpha value is -4.12. The highest BCUT2D eigenvalue weighted by Crippen LogP contribution is 2.28. The number of aromatic nitrogens is 4. The molecule has 0 atom stereocenters. The van der Waals surface area contributed by atoms with Crippen molar-refractivity contribution >= 4 is 16.7 Å². The summed E-state index contributed by atoms with van der Waals surface area (Å²) in [4.78, 5) is 28.5. The second-order valence-electron chi connectivity index (χ2n) is 7.43. The number of carbonyl (C=O) groups excluding carboxylic acids is 1. The summed E-state index contributed by atoms with van der Waals surface area (Å²) in [6.07, 6.45) is 9.88. The molecule has 31 heavy (non-hydrogen) atoms. The van der Waals surface area contributed by atoms with Crippen LogP contribution in [0.1, 0.15) is 22.5 Å². The van der Waals surface area contributed by atoms with Crippen LogP contribution in [0.15, 0.2) is 91.6 Å². The van der Waals surface area contributed by atoms with E-state index in [1.807, 2.05) is 36.4 Å². The number of aromatic amines is 1. The number of benzene rings is 1. The van der Waals surface area contributed by atoms with Crippen LogP contribution in [0.5, 0.6) is 0 Å². The maximum atomic E-state index is 12.7. The van der Waals surface area contributed by atoms with E-state index in [4.69, 9.17) is 0 Å². The number of hydrogen-bond acceptors (Lipinski definition) is 4. The van der Waals surface area contributed by atoms with Crippen LogP contribution in [0, 0.1) is 0 Å². The summed E-state index contributed by atoms with van der Waals surface area (Å²) < 4.78 is 0. The standard InChI is InChI=1S/C26H20N4O/c31-26(4-1-18-5-10-27-11-6-18)25-16-21(9-14-29-25)20-2-3-23-22(15-20)17-24(30-23)19-7-12-28-13-8-19/h2-3,5-17,30H,1,4H2. The van der Waals surface area contributed by atoms with Gasteiger partial charge in [0.15, 0.2) is 5.78 Å². The number of rotatable bonds is 6. The van der Waals surface area contributed by atoms with Gasteiger partial charge in [-0.15, -0.1) is 0 Å². The molecule has 1 N–H and O–H groups in total. The first-order chi connectivity index (χ1) is 15.3. The Kier molecular flexibility index (Phi) is 5.07. The summed E-state index contributed by atoms with van der Waals surface area (Å²) in [5.74, 6) is 0.0429. The van der Waals surface area contributed by atoms with Gasteiger partial charge in [-0.1, -0.05) is 6.07 Å². The maximum Gasteiger partial charge on any atom is 0.181 e. The van der Waals surface area contributed by atoms with E-state index in [9.17, 15) is 4.79 Å². The highest BCUT2D eigenvalue weighted by molar-refractivity contribution is 5.96. The third-order valence-electron chi connectivity index (χ3n) is 5.38. The fraction of sp³-hybridized carbons (Fsp3) is 0.0769. The minimum atomic E-state index is 0.0429. The zero-order valence-corrected chi connectivity index (χ0v) is 16.8. The molecule has 0 amide bonds. The lowest BCUT2D eigenvalue weighted by atomic mass is 10.0. The normalized spacial score (nSPS) is 11.0. The Balaban J connectivity index is 1.39. The number of carbonyl (C=O) groups is 1. The zero-order chi connectivity index (χ0) is 21.0. The van der Waals surface area contributed by atoms with Crippen molar-refractivity contribution in [3.8, 4) is 22.4 Å². The summed E-state index contributed by atoms with van der Waals surface area (Å²) in [5.41, 5.74) is 6.85. The van der Waals surface area contributed by atoms with Crippen LogP contribution in [0.2, 0.25) is 0 Å². The Bertz CT molecular complexity index is 1340. The van der Waals surface area contributed by atoms with Crippen LogP contribution in [0.25, 0.3) is 33.3 Å². The molecule has 0 aliphatic carbocycles. The van der Waals surface area contributed by atoms with E-state index in [-0.39, 0.29) is 5.78 Å². The molecular weight excluding hydrogens is 384 g/mol. The van der Waals surface area contributed by atoms with Crippen LogP contribution in [-0.4, -0.2) is 25.7 Å². The first-order valence-corrected chi connectivity index (χ1v) is 10.2. The summed E-state index contributed by atoms with van der Waals surface area (Å²) in [7, 11) is 0. The van der Waals surface area contributed by atoms with Crippen molar-refractivity contribution in [2.75, 3.05) is 0 Å². The number of H-pyrrole nitrogens is 1. The van der Waals surface area contributed by atoms with E-state index in [1.54, 1.807) is 31.0 Å². The summed E-state index contributed by atoms with van der Waals surface area (Å²) in [6.45, 7) is 0. The Labute approximate surface area is 179 Å². The fourth-order valence-electron chi connectivity index (χ4n) is 3.70. The molecule has 0 spiro atoms. The smallest absolute Gasteiger partial charge is 0.181 e. The molecule has 0 unspecified atom stereocenters. The number of nitrogens with zero attached hydrogens (tertiary/aromatic N) is 3. The predicted octanol–water partition coefficient (Wildman–Crippen LogP) is 5.50. The fourth-order valence-corrected chi connectivity index (χ4v) is 3.70. The van der Waals surface area contributed by atoms with Gasteiger partial charge < -0.3 is 4.98 Å². The lowest BCUT2D eigenvalue weighted by Gasteiger charge is -2.05. The van der Waals surface area contributed by atoms with Gasteiger partial charge in [0.1, 0.15) is 5.69 Å². The highest BCUT2D eigenvalue weighted by atomic mass is 16.1. The molecule has 150 valence electrons. The molecule has 5 nitrogen and oxygen atoms in total. The maximum absolute atomic E-state index is 12.7. The van der Waals surface area contributed by atoms with E-state index >= 15 is 0 Å². The van der Waals surface area contributed by atoms with Crippen molar-refractivity contribution in [2.24, 2.45) is 0 Å². The zero-order valence-electron chi connectivity index (χ0n) is 16.8. The topological polar surface area (TPSA) is 71.5 Å². The number of Topliss-reactive ketones (excluding diaryl/α,β-unsaturated/α-hetero) is 1. The highest BCUT2D eigenvalue weighted by Gasteiger charge is 2.11. The van der Waals surface area contributed by atoms with E-state index in [2.05, 4.69) is 44.2 Å². The van der Waals surface area contributed by atoms with Crippen LogP contribution >= 0.6 is 0 Å². The number of hydrogen-bond donors (Lipinski definition) is 1. The molecule has 5 rings (SSSR count). The first-order valence-electron chi connectivity index (χ1n) is 10.2. The second kappa shape index (κ2) is 8.32. The van der Waals surface area contributed by atoms with E-state index in [0.29, 0.717) is 18.5 Å². The Morgan fingerprint density at radius 2 is 1.45 bits per heavy atom. The SMILES string of the molecule is O=C(CCc1ccncc1)c1cc(-c2ccc3[nH]c(-c4ccncc4)cc3c2)ccn1. The third-order valence-corrected chi connectivity index (χ3v) is 5.38. The molecule has 0 aliphatic heterocycles. The van der Waals surface area contributed by atoms with Gasteiger partial charge in [-0.25, -0.2) is 0 Å². The minimum absolute atomic E-state index is 0.0429. The summed E-state index contributed by atoms with van der Waals surface area (Å²) >= 11 is 0. The van der Waals surface area contributed by atoms with Crippen molar-refractivity contribution in [1.29, 1.82) is 0 Å². The van der Waals surface area contributed by atoms with E-state index in [1.165, 1.54) is 0 Å². The van der Waals surface area contributed by atoms with Crippen LogP contribution < -0.4 is 0 Å². The predicted molar refractivity (Wildman–Crippen MR) is 122 cm³/mol. The van der Waals surface area contributed by atoms with Gasteiger partial charge in [-0.05, 0) is 77.7 Å². The van der Waals surface area contributed by atoms with Gasteiger partial charge in [0.05, 0.1) is 0 Å². The number of aryl methyl sites for hydroxylation is 1. The molecule has 0 bridgehead atoms. The van der Waals surface area contributed by atoms with Crippen LogP contribution in [-0.2, 0) is 6.42 Å². The van der Waals surface area contributed by atoms with Crippen molar-refractivity contribution in [1.82, 2.24) is 19.9 Å². The molecule has 5 heteroatoms. The van der Waals surface area contributed by atoms with Gasteiger partial charge in [0, 0.05) is 59.6 Å². The van der Waals surface area contributed by atoms with E-state index < -0.39 is 0 Å². The van der Waals surface area contributed by atoms with Crippen LogP contribution in [0.3, 0.4) is 0 Å². The molecule has 0 aliphatic rings. The Morgan fingerprint density at radius 1 is 0.742 bits per heavy atom. The molecule has 4 aromatic heterocycles. The molecule has 4 heterocycles. The molecule has 0 saturated heterocycles. The molecule has 0 fully saturated rings. The molecular formula is C26H20N4O. The first kappa shape index (κ1) is 18.9. The van der Waals surface area contributed by atoms with Gasteiger partial charge in [0.25, 0.3) is 0 Å². The van der Waals surface area contributed by atoms with Crippen molar-refractivity contribution in [3.05, 3.63) is 103 Å². The second-order valence-corrected chi connectivity index (χ2v) is 7.43. The lowest BCUT2D eigenvalue weighted by molar-refractivity contribution is 0.0978. The van der Waals surface area contributed by atoms with Crippen molar-refractivity contribution in [3.63, 3.8) is 0 Å². The quantitative estimate of drug-likeness (QED) is 0.379. The van der Waals surface area contributed by atoms with Gasteiger partial charge in [-0.2, -0.15) is 0 Å². The van der Waals surface area contributed by atoms with Crippen LogP contribution in [0.4, 0.5) is 0 Å². The molecule has 0 saturated carbocycles. The average molecular weight is 404 g/mol. The number of fused-ring (bicyclic) bond motifs is 1. The van der Waals surface area contributed by atoms with Gasteiger partial charge >= 0.3 is 0 Å². The summed E-state index contributed by atoms with van der Waals surface area (Å²) in [6, 6.07) is 20.1. The minimum Gasteiger partial charge on any atom is -0.355 e. The number of ketones is 1. The Morgan fingerprint density at radius 3 is 2.26 bits per heavy atom. The summed E-state index contributed by atoms with van der Waals surface area (Å²) in [5, 5.41) is 1.12. The van der Waals surface area contributed by atoms with Gasteiger partial charge in [-0.3, -0.25) is 19.7 Å². The lowest BCUT2D eigenvalue weighted by Crippen LogP contribution is -2.04. The monoisotopic (exact) mass is 404 g/mol. The third kappa shape index (κ3) is 4.12. The number of nitrogens with one attached hydrogen (secondary N) is 1. The number of pyridine rings is 3. The van der Waals surface area contributed by atoms with E-state index in [0.717, 1.165) is 38.9 Å². The van der Waals surface area contributed by atoms with Crippen molar-refractivity contribution < 1.29 is 4.79 Å². The molecule has 1 aromatic carbocycles. The van der Waals surface area contributed by atoms with Crippen molar-refractivity contribution in [2.45, 2.75) is 12.8 Å². The largest absolute Gasteiger partial charge is 0.355 e. The molecule has 5 aromatic rings. The average Bonchev–Trinajstić information content (AvgIpc) is 3.27.